The van der Waals surface area contributed by atoms with Crippen LogP contribution in [-0.2, 0) is 14.8 Å². The fourth-order valence-electron chi connectivity index (χ4n) is 2.35. The molecule has 0 bridgehead atoms. The maximum Gasteiger partial charge on any atom is 0.216 e. The SMILES string of the molecule is CCCCN(CC1CCCN1)S(=O)(=O)CCOC(C)C. The van der Waals surface area contributed by atoms with Gasteiger partial charge in [-0.25, -0.2) is 12.7 Å². The highest BCUT2D eigenvalue weighted by Gasteiger charge is 2.26. The fourth-order valence-corrected chi connectivity index (χ4v) is 3.73. The average molecular weight is 306 g/mol. The Hall–Kier alpha value is -0.170. The molecule has 1 unspecified atom stereocenters. The molecule has 0 aromatic heterocycles. The van der Waals surface area contributed by atoms with Crippen LogP contribution >= 0.6 is 0 Å². The van der Waals surface area contributed by atoms with Crippen LogP contribution in [0.15, 0.2) is 0 Å². The van der Waals surface area contributed by atoms with Crippen LogP contribution in [0.1, 0.15) is 46.5 Å². The zero-order chi connectivity index (χ0) is 15.0. The van der Waals surface area contributed by atoms with Crippen LogP contribution in [0.3, 0.4) is 0 Å². The van der Waals surface area contributed by atoms with Gasteiger partial charge < -0.3 is 10.1 Å². The molecule has 1 fully saturated rings. The third kappa shape index (κ3) is 6.52. The molecule has 0 spiro atoms. The van der Waals surface area contributed by atoms with E-state index in [-0.39, 0.29) is 18.5 Å². The summed E-state index contributed by atoms with van der Waals surface area (Å²) in [5, 5.41) is 3.37. The summed E-state index contributed by atoms with van der Waals surface area (Å²) in [6, 6.07) is 0.313. The maximum absolute atomic E-state index is 12.4. The van der Waals surface area contributed by atoms with E-state index < -0.39 is 10.0 Å². The molecule has 0 amide bonds. The standard InChI is InChI=1S/C14H30N2O3S/c1-4-5-9-16(12-14-7-6-8-15-14)20(17,18)11-10-19-13(2)3/h13-15H,4-12H2,1-3H3. The van der Waals surface area contributed by atoms with Crippen LogP contribution < -0.4 is 5.32 Å². The minimum Gasteiger partial charge on any atom is -0.378 e. The maximum atomic E-state index is 12.4. The summed E-state index contributed by atoms with van der Waals surface area (Å²) in [5.74, 6) is 0.0849. The van der Waals surface area contributed by atoms with Crippen molar-refractivity contribution in [1.29, 1.82) is 0 Å². The van der Waals surface area contributed by atoms with Gasteiger partial charge in [-0.15, -0.1) is 0 Å². The highest BCUT2D eigenvalue weighted by Crippen LogP contribution is 2.12. The van der Waals surface area contributed by atoms with Crippen molar-refractivity contribution in [3.8, 4) is 0 Å². The first-order valence-corrected chi connectivity index (χ1v) is 9.39. The number of hydrogen-bond acceptors (Lipinski definition) is 4. The first-order valence-electron chi connectivity index (χ1n) is 7.78. The summed E-state index contributed by atoms with van der Waals surface area (Å²) in [7, 11) is -3.21. The summed E-state index contributed by atoms with van der Waals surface area (Å²) in [5.41, 5.74) is 0. The second kappa shape index (κ2) is 8.97. The average Bonchev–Trinajstić information content (AvgIpc) is 2.86. The molecule has 1 heterocycles. The largest absolute Gasteiger partial charge is 0.378 e. The van der Waals surface area contributed by atoms with E-state index in [1.807, 2.05) is 13.8 Å². The van der Waals surface area contributed by atoms with Crippen LogP contribution in [0, 0.1) is 0 Å². The van der Waals surface area contributed by atoms with Crippen molar-refractivity contribution < 1.29 is 13.2 Å². The van der Waals surface area contributed by atoms with Gasteiger partial charge in [-0.2, -0.15) is 0 Å². The zero-order valence-electron chi connectivity index (χ0n) is 13.1. The summed E-state index contributed by atoms with van der Waals surface area (Å²) in [6.45, 7) is 8.43. The second-order valence-electron chi connectivity index (χ2n) is 5.74. The molecule has 1 atom stereocenters. The van der Waals surface area contributed by atoms with E-state index >= 15 is 0 Å². The topological polar surface area (TPSA) is 58.6 Å². The number of sulfonamides is 1. The number of hydrogen-bond donors (Lipinski definition) is 1. The molecule has 0 radical (unpaired) electrons. The first kappa shape index (κ1) is 17.9. The third-order valence-electron chi connectivity index (χ3n) is 3.53. The lowest BCUT2D eigenvalue weighted by molar-refractivity contribution is 0.0906. The molecule has 120 valence electrons. The van der Waals surface area contributed by atoms with Gasteiger partial charge in [0.05, 0.1) is 18.5 Å². The molecule has 0 aromatic carbocycles. The van der Waals surface area contributed by atoms with E-state index in [1.165, 1.54) is 0 Å². The van der Waals surface area contributed by atoms with E-state index in [0.29, 0.717) is 19.1 Å². The Morgan fingerprint density at radius 2 is 2.15 bits per heavy atom. The van der Waals surface area contributed by atoms with Crippen molar-refractivity contribution in [1.82, 2.24) is 9.62 Å². The van der Waals surface area contributed by atoms with Gasteiger partial charge in [0.1, 0.15) is 0 Å². The van der Waals surface area contributed by atoms with E-state index in [4.69, 9.17) is 4.74 Å². The summed E-state index contributed by atoms with van der Waals surface area (Å²) in [6.07, 6.45) is 4.21. The smallest absolute Gasteiger partial charge is 0.216 e. The van der Waals surface area contributed by atoms with Gasteiger partial charge in [-0.3, -0.25) is 0 Å². The molecule has 1 aliphatic heterocycles. The lowest BCUT2D eigenvalue weighted by Crippen LogP contribution is -2.43. The minimum absolute atomic E-state index is 0.0748. The highest BCUT2D eigenvalue weighted by molar-refractivity contribution is 7.89. The molecule has 0 aromatic rings. The normalized spacial score (nSPS) is 20.1. The Labute approximate surface area is 124 Å². The minimum atomic E-state index is -3.21. The Balaban J connectivity index is 2.54. The van der Waals surface area contributed by atoms with Crippen LogP contribution in [0.25, 0.3) is 0 Å². The fraction of sp³-hybridized carbons (Fsp3) is 1.00. The number of unbranched alkanes of at least 4 members (excludes halogenated alkanes) is 1. The van der Waals surface area contributed by atoms with Crippen molar-refractivity contribution >= 4 is 10.0 Å². The van der Waals surface area contributed by atoms with Gasteiger partial charge in [-0.05, 0) is 39.7 Å². The van der Waals surface area contributed by atoms with Gasteiger partial charge in [0.25, 0.3) is 0 Å². The van der Waals surface area contributed by atoms with Crippen molar-refractivity contribution in [2.24, 2.45) is 0 Å². The Morgan fingerprint density at radius 1 is 1.40 bits per heavy atom. The van der Waals surface area contributed by atoms with Gasteiger partial charge >= 0.3 is 0 Å². The molecule has 1 rings (SSSR count). The van der Waals surface area contributed by atoms with Crippen molar-refractivity contribution in [2.75, 3.05) is 32.0 Å². The van der Waals surface area contributed by atoms with Crippen LogP contribution in [0.5, 0.6) is 0 Å². The molecule has 1 N–H and O–H groups in total. The molecule has 1 aliphatic rings. The monoisotopic (exact) mass is 306 g/mol. The summed E-state index contributed by atoms with van der Waals surface area (Å²) < 4.78 is 31.9. The zero-order valence-corrected chi connectivity index (χ0v) is 13.9. The molecule has 0 aliphatic carbocycles. The Bertz CT molecular complexity index is 351. The number of ether oxygens (including phenoxy) is 1. The van der Waals surface area contributed by atoms with Gasteiger partial charge in [0, 0.05) is 19.1 Å². The van der Waals surface area contributed by atoms with Gasteiger partial charge in [0.15, 0.2) is 0 Å². The third-order valence-corrected chi connectivity index (χ3v) is 5.33. The molecular formula is C14H30N2O3S. The van der Waals surface area contributed by atoms with Gasteiger partial charge in [0.2, 0.25) is 10.0 Å². The van der Waals surface area contributed by atoms with E-state index in [9.17, 15) is 8.42 Å². The molecule has 5 nitrogen and oxygen atoms in total. The Morgan fingerprint density at radius 3 is 2.70 bits per heavy atom. The van der Waals surface area contributed by atoms with Crippen molar-refractivity contribution in [3.05, 3.63) is 0 Å². The van der Waals surface area contributed by atoms with Crippen LogP contribution in [0.2, 0.25) is 0 Å². The molecule has 20 heavy (non-hydrogen) atoms. The first-order chi connectivity index (χ1) is 9.45. The van der Waals surface area contributed by atoms with Crippen molar-refractivity contribution in [2.45, 2.75) is 58.6 Å². The highest BCUT2D eigenvalue weighted by atomic mass is 32.2. The molecule has 0 saturated carbocycles. The van der Waals surface area contributed by atoms with Gasteiger partial charge in [-0.1, -0.05) is 13.3 Å². The summed E-state index contributed by atoms with van der Waals surface area (Å²) in [4.78, 5) is 0. The van der Waals surface area contributed by atoms with E-state index in [1.54, 1.807) is 4.31 Å². The predicted octanol–water partition coefficient (Wildman–Crippen LogP) is 1.60. The predicted molar refractivity (Wildman–Crippen MR) is 82.4 cm³/mol. The van der Waals surface area contributed by atoms with Crippen LogP contribution in [-0.4, -0.2) is 56.9 Å². The Kier molecular flexibility index (Phi) is 8.02. The number of nitrogens with zero attached hydrogens (tertiary/aromatic N) is 1. The molecular weight excluding hydrogens is 276 g/mol. The molecule has 1 saturated heterocycles. The van der Waals surface area contributed by atoms with Crippen molar-refractivity contribution in [3.63, 3.8) is 0 Å². The quantitative estimate of drug-likeness (QED) is 0.666. The summed E-state index contributed by atoms with van der Waals surface area (Å²) >= 11 is 0. The van der Waals surface area contributed by atoms with E-state index in [2.05, 4.69) is 12.2 Å². The van der Waals surface area contributed by atoms with Crippen LogP contribution in [0.4, 0.5) is 0 Å². The lowest BCUT2D eigenvalue weighted by atomic mass is 10.2. The number of rotatable bonds is 10. The number of nitrogens with one attached hydrogen (secondary N) is 1. The van der Waals surface area contributed by atoms with E-state index in [0.717, 1.165) is 32.2 Å². The molecule has 6 heteroatoms. The lowest BCUT2D eigenvalue weighted by Gasteiger charge is -2.25. The second-order valence-corrected chi connectivity index (χ2v) is 7.83.